The molecule has 0 saturated carbocycles. The summed E-state index contributed by atoms with van der Waals surface area (Å²) >= 11 is 0. The Morgan fingerprint density at radius 3 is 2.48 bits per heavy atom. The quantitative estimate of drug-likeness (QED) is 0.279. The molecule has 1 fully saturated rings. The lowest BCUT2D eigenvalue weighted by Gasteiger charge is -2.35. The first-order valence-corrected chi connectivity index (χ1v) is 12.1. The van der Waals surface area contributed by atoms with E-state index in [1.807, 2.05) is 26.0 Å². The first-order valence-electron chi connectivity index (χ1n) is 10.5. The summed E-state index contributed by atoms with van der Waals surface area (Å²) in [6.45, 7) is 8.95. The highest BCUT2D eigenvalue weighted by atomic mass is 127. The number of guanidine groups is 1. The Morgan fingerprint density at radius 2 is 1.90 bits per heavy atom. The van der Waals surface area contributed by atoms with Gasteiger partial charge in [-0.3, -0.25) is 4.99 Å². The maximum absolute atomic E-state index is 12.5. The lowest BCUT2D eigenvalue weighted by molar-refractivity contribution is 0.0904. The van der Waals surface area contributed by atoms with Crippen molar-refractivity contribution in [3.05, 3.63) is 29.3 Å². The molecule has 0 unspecified atom stereocenters. The molecule has 0 spiro atoms. The van der Waals surface area contributed by atoms with Crippen LogP contribution in [0.2, 0.25) is 0 Å². The van der Waals surface area contributed by atoms with E-state index in [0.717, 1.165) is 30.2 Å². The van der Waals surface area contributed by atoms with E-state index in [1.54, 1.807) is 18.5 Å². The smallest absolute Gasteiger partial charge is 0.216 e. The SMILES string of the molecule is CN=C(NCCc1cc(C)ccc1OC)N1CCN(S(=O)(=O)CCOC(C)C)CC1.I. The molecule has 0 aliphatic carbocycles. The van der Waals surface area contributed by atoms with Gasteiger partial charge >= 0.3 is 0 Å². The second kappa shape index (κ2) is 13.4. The van der Waals surface area contributed by atoms with Crippen LogP contribution in [-0.4, -0.2) is 88.9 Å². The van der Waals surface area contributed by atoms with Crippen molar-refractivity contribution in [3.63, 3.8) is 0 Å². The fourth-order valence-electron chi connectivity index (χ4n) is 3.44. The van der Waals surface area contributed by atoms with Gasteiger partial charge in [-0.25, -0.2) is 8.42 Å². The van der Waals surface area contributed by atoms with Crippen molar-refractivity contribution >= 4 is 40.0 Å². The third kappa shape index (κ3) is 8.74. The van der Waals surface area contributed by atoms with Crippen LogP contribution in [0.25, 0.3) is 0 Å². The van der Waals surface area contributed by atoms with E-state index >= 15 is 0 Å². The number of rotatable bonds is 9. The standard InChI is InChI=1S/C21H36N4O4S.HI/c1-17(2)29-14-15-30(26,27)25-12-10-24(11-13-25)21(22-4)23-9-8-19-16-18(3)6-7-20(19)28-5;/h6-7,16-17H,8-15H2,1-5H3,(H,22,23);1H. The number of piperazine rings is 1. The van der Waals surface area contributed by atoms with Crippen LogP contribution in [0.5, 0.6) is 5.75 Å². The molecule has 1 aliphatic heterocycles. The average molecular weight is 569 g/mol. The Kier molecular flexibility index (Phi) is 12.1. The summed E-state index contributed by atoms with van der Waals surface area (Å²) in [5.74, 6) is 1.70. The van der Waals surface area contributed by atoms with Gasteiger partial charge in [0.2, 0.25) is 10.0 Å². The van der Waals surface area contributed by atoms with Crippen molar-refractivity contribution < 1.29 is 17.9 Å². The number of ether oxygens (including phenoxy) is 2. The Bertz CT molecular complexity index is 810. The predicted molar refractivity (Wildman–Crippen MR) is 136 cm³/mol. The van der Waals surface area contributed by atoms with E-state index in [-0.39, 0.29) is 42.4 Å². The van der Waals surface area contributed by atoms with Gasteiger partial charge in [-0.15, -0.1) is 24.0 Å². The number of sulfonamides is 1. The Morgan fingerprint density at radius 1 is 1.23 bits per heavy atom. The topological polar surface area (TPSA) is 83.5 Å². The number of aryl methyl sites for hydroxylation is 1. The average Bonchev–Trinajstić information content (AvgIpc) is 2.71. The van der Waals surface area contributed by atoms with E-state index in [0.29, 0.717) is 26.2 Å². The number of nitrogens with zero attached hydrogens (tertiary/aromatic N) is 3. The van der Waals surface area contributed by atoms with Crippen molar-refractivity contribution in [1.29, 1.82) is 0 Å². The van der Waals surface area contributed by atoms with Gasteiger partial charge in [0.25, 0.3) is 0 Å². The van der Waals surface area contributed by atoms with Crippen molar-refractivity contribution in [2.75, 3.05) is 59.2 Å². The summed E-state index contributed by atoms with van der Waals surface area (Å²) in [6.07, 6.45) is 0.847. The molecule has 31 heavy (non-hydrogen) atoms. The molecule has 0 bridgehead atoms. The van der Waals surface area contributed by atoms with Crippen LogP contribution >= 0.6 is 24.0 Å². The molecular weight excluding hydrogens is 531 g/mol. The molecular formula is C21H37IN4O4S. The highest BCUT2D eigenvalue weighted by molar-refractivity contribution is 14.0. The molecule has 1 N–H and O–H groups in total. The van der Waals surface area contributed by atoms with Gasteiger partial charge in [-0.1, -0.05) is 17.7 Å². The lowest BCUT2D eigenvalue weighted by Crippen LogP contribution is -2.54. The Labute approximate surface area is 204 Å². The Balaban J connectivity index is 0.00000480. The summed E-state index contributed by atoms with van der Waals surface area (Å²) in [7, 11) is 0.143. The highest BCUT2D eigenvalue weighted by Gasteiger charge is 2.28. The van der Waals surface area contributed by atoms with E-state index < -0.39 is 10.0 Å². The van der Waals surface area contributed by atoms with Crippen LogP contribution in [-0.2, 0) is 21.2 Å². The maximum Gasteiger partial charge on any atom is 0.216 e. The molecule has 1 aromatic carbocycles. The number of hydrogen-bond donors (Lipinski definition) is 1. The molecule has 0 atom stereocenters. The van der Waals surface area contributed by atoms with Crippen LogP contribution in [0.3, 0.4) is 0 Å². The molecule has 1 saturated heterocycles. The first-order chi connectivity index (χ1) is 14.3. The number of hydrogen-bond acceptors (Lipinski definition) is 5. The summed E-state index contributed by atoms with van der Waals surface area (Å²) in [5.41, 5.74) is 2.35. The molecule has 0 aromatic heterocycles. The normalized spacial score (nSPS) is 15.7. The summed E-state index contributed by atoms with van der Waals surface area (Å²) in [6, 6.07) is 6.17. The van der Waals surface area contributed by atoms with E-state index in [9.17, 15) is 8.42 Å². The second-order valence-electron chi connectivity index (χ2n) is 7.66. The van der Waals surface area contributed by atoms with Crippen molar-refractivity contribution in [3.8, 4) is 5.75 Å². The van der Waals surface area contributed by atoms with Crippen LogP contribution in [0, 0.1) is 6.92 Å². The summed E-state index contributed by atoms with van der Waals surface area (Å²) in [4.78, 5) is 6.47. The highest BCUT2D eigenvalue weighted by Crippen LogP contribution is 2.19. The van der Waals surface area contributed by atoms with Gasteiger partial charge in [0.1, 0.15) is 5.75 Å². The van der Waals surface area contributed by atoms with Crippen molar-refractivity contribution in [2.45, 2.75) is 33.3 Å². The Hall–Kier alpha value is -1.11. The van der Waals surface area contributed by atoms with Gasteiger partial charge < -0.3 is 19.7 Å². The molecule has 178 valence electrons. The molecule has 1 aliphatic rings. The maximum atomic E-state index is 12.5. The minimum absolute atomic E-state index is 0. The fourth-order valence-corrected chi connectivity index (χ4v) is 4.72. The zero-order valence-corrected chi connectivity index (χ0v) is 22.4. The van der Waals surface area contributed by atoms with Crippen LogP contribution in [0.15, 0.2) is 23.2 Å². The molecule has 1 aromatic rings. The third-order valence-electron chi connectivity index (χ3n) is 5.05. The molecule has 10 heteroatoms. The number of nitrogens with one attached hydrogen (secondary N) is 1. The van der Waals surface area contributed by atoms with Crippen LogP contribution in [0.4, 0.5) is 0 Å². The molecule has 8 nitrogen and oxygen atoms in total. The number of aliphatic imine (C=N–C) groups is 1. The lowest BCUT2D eigenvalue weighted by atomic mass is 10.1. The zero-order chi connectivity index (χ0) is 22.1. The number of methoxy groups -OCH3 is 1. The van der Waals surface area contributed by atoms with E-state index in [2.05, 4.69) is 28.2 Å². The minimum Gasteiger partial charge on any atom is -0.496 e. The summed E-state index contributed by atoms with van der Waals surface area (Å²) < 4.78 is 37.4. The predicted octanol–water partition coefficient (Wildman–Crippen LogP) is 2.11. The largest absolute Gasteiger partial charge is 0.496 e. The molecule has 2 rings (SSSR count). The molecule has 1 heterocycles. The van der Waals surface area contributed by atoms with Gasteiger partial charge in [0.05, 0.1) is 25.6 Å². The summed E-state index contributed by atoms with van der Waals surface area (Å²) in [5, 5.41) is 3.39. The second-order valence-corrected chi connectivity index (χ2v) is 9.75. The van der Waals surface area contributed by atoms with Crippen LogP contribution in [0.1, 0.15) is 25.0 Å². The van der Waals surface area contributed by atoms with Crippen molar-refractivity contribution in [1.82, 2.24) is 14.5 Å². The molecule has 0 radical (unpaired) electrons. The fraction of sp³-hybridized carbons (Fsp3) is 0.667. The van der Waals surface area contributed by atoms with Gasteiger partial charge in [0.15, 0.2) is 5.96 Å². The van der Waals surface area contributed by atoms with E-state index in [4.69, 9.17) is 9.47 Å². The van der Waals surface area contributed by atoms with Crippen molar-refractivity contribution in [2.24, 2.45) is 4.99 Å². The van der Waals surface area contributed by atoms with Gasteiger partial charge in [-0.2, -0.15) is 4.31 Å². The minimum atomic E-state index is -3.29. The number of benzene rings is 1. The third-order valence-corrected chi connectivity index (χ3v) is 6.88. The monoisotopic (exact) mass is 568 g/mol. The number of halogens is 1. The van der Waals surface area contributed by atoms with Gasteiger partial charge in [-0.05, 0) is 38.8 Å². The molecule has 0 amide bonds. The first kappa shape index (κ1) is 27.9. The van der Waals surface area contributed by atoms with Crippen LogP contribution < -0.4 is 10.1 Å². The zero-order valence-electron chi connectivity index (χ0n) is 19.3. The van der Waals surface area contributed by atoms with E-state index in [1.165, 1.54) is 5.56 Å². The van der Waals surface area contributed by atoms with Gasteiger partial charge in [0, 0.05) is 39.8 Å².